The zero-order valence-corrected chi connectivity index (χ0v) is 14.5. The lowest BCUT2D eigenvalue weighted by Crippen LogP contribution is -2.41. The third-order valence-electron chi connectivity index (χ3n) is 4.46. The van der Waals surface area contributed by atoms with Crippen LogP contribution in [0.5, 0.6) is 11.5 Å². The van der Waals surface area contributed by atoms with Crippen molar-refractivity contribution in [3.8, 4) is 11.5 Å². The lowest BCUT2D eigenvalue weighted by atomic mass is 9.84. The predicted octanol–water partition coefficient (Wildman–Crippen LogP) is 2.52. The minimum atomic E-state index is -0.194. The maximum atomic E-state index is 12.3. The van der Waals surface area contributed by atoms with Crippen LogP contribution in [-0.4, -0.2) is 39.9 Å². The van der Waals surface area contributed by atoms with Crippen LogP contribution in [0.3, 0.4) is 0 Å². The molecule has 1 fully saturated rings. The number of methoxy groups -OCH3 is 2. The third-order valence-corrected chi connectivity index (χ3v) is 4.46. The lowest BCUT2D eigenvalue weighted by Gasteiger charge is -2.28. The van der Waals surface area contributed by atoms with Gasteiger partial charge in [-0.25, -0.2) is 0 Å². The van der Waals surface area contributed by atoms with E-state index in [1.54, 1.807) is 14.2 Å². The molecule has 1 N–H and O–H groups in total. The summed E-state index contributed by atoms with van der Waals surface area (Å²) in [5, 5.41) is 3.09. The van der Waals surface area contributed by atoms with Crippen molar-refractivity contribution < 1.29 is 19.0 Å². The van der Waals surface area contributed by atoms with Gasteiger partial charge in [0.2, 0.25) is 5.91 Å². The van der Waals surface area contributed by atoms with Gasteiger partial charge in [-0.05, 0) is 30.5 Å². The van der Waals surface area contributed by atoms with Gasteiger partial charge in [0.15, 0.2) is 11.5 Å². The number of carbonyl (C=O) groups excluding carboxylic acids is 1. The fourth-order valence-corrected chi connectivity index (χ4v) is 2.77. The van der Waals surface area contributed by atoms with Gasteiger partial charge < -0.3 is 19.5 Å². The minimum absolute atomic E-state index is 0.0740. The van der Waals surface area contributed by atoms with Gasteiger partial charge in [0.25, 0.3) is 0 Å². The number of benzene rings is 1. The Morgan fingerprint density at radius 2 is 1.87 bits per heavy atom. The summed E-state index contributed by atoms with van der Waals surface area (Å²) in [5.41, 5.74) is 0.905. The summed E-state index contributed by atoms with van der Waals surface area (Å²) >= 11 is 0. The molecule has 1 aromatic carbocycles. The van der Waals surface area contributed by atoms with E-state index in [4.69, 9.17) is 14.2 Å². The summed E-state index contributed by atoms with van der Waals surface area (Å²) in [7, 11) is 3.25. The van der Waals surface area contributed by atoms with Gasteiger partial charge in [-0.1, -0.05) is 19.9 Å². The van der Waals surface area contributed by atoms with Crippen molar-refractivity contribution in [2.45, 2.75) is 32.1 Å². The topological polar surface area (TPSA) is 56.8 Å². The van der Waals surface area contributed by atoms with E-state index in [1.807, 2.05) is 18.2 Å². The molecule has 5 nitrogen and oxygen atoms in total. The zero-order valence-electron chi connectivity index (χ0n) is 14.5. The Balaban J connectivity index is 2.01. The molecule has 0 unspecified atom stereocenters. The Morgan fingerprint density at radius 1 is 1.22 bits per heavy atom. The van der Waals surface area contributed by atoms with E-state index in [9.17, 15) is 4.79 Å². The largest absolute Gasteiger partial charge is 0.493 e. The summed E-state index contributed by atoms with van der Waals surface area (Å²) in [6, 6.07) is 5.89. The fourth-order valence-electron chi connectivity index (χ4n) is 2.77. The van der Waals surface area contributed by atoms with E-state index in [0.29, 0.717) is 31.3 Å². The smallest absolute Gasteiger partial charge is 0.223 e. The fraction of sp³-hybridized carbons (Fsp3) is 0.611. The van der Waals surface area contributed by atoms with E-state index < -0.39 is 0 Å². The molecule has 0 aliphatic carbocycles. The molecule has 5 heteroatoms. The second kappa shape index (κ2) is 7.68. The van der Waals surface area contributed by atoms with Crippen LogP contribution < -0.4 is 14.8 Å². The van der Waals surface area contributed by atoms with Crippen LogP contribution in [-0.2, 0) is 14.9 Å². The molecular formula is C18H27NO4. The number of amides is 1. The van der Waals surface area contributed by atoms with E-state index in [0.717, 1.165) is 18.4 Å². The van der Waals surface area contributed by atoms with Crippen LogP contribution in [0, 0.1) is 5.92 Å². The monoisotopic (exact) mass is 321 g/mol. The Kier molecular flexibility index (Phi) is 5.88. The van der Waals surface area contributed by atoms with Gasteiger partial charge in [0, 0.05) is 31.1 Å². The number of hydrogen-bond donors (Lipinski definition) is 1. The van der Waals surface area contributed by atoms with Gasteiger partial charge in [-0.3, -0.25) is 4.79 Å². The molecule has 0 saturated carbocycles. The Hall–Kier alpha value is -1.75. The molecule has 1 amide bonds. The molecule has 2 rings (SSSR count). The summed E-state index contributed by atoms with van der Waals surface area (Å²) in [6.45, 7) is 6.16. The second-order valence-electron chi connectivity index (χ2n) is 6.56. The average Bonchev–Trinajstić information content (AvgIpc) is 2.59. The number of nitrogens with one attached hydrogen (secondary N) is 1. The van der Waals surface area contributed by atoms with E-state index >= 15 is 0 Å². The van der Waals surface area contributed by atoms with Gasteiger partial charge in [-0.2, -0.15) is 0 Å². The number of carbonyl (C=O) groups is 1. The molecule has 1 aromatic rings. The Labute approximate surface area is 138 Å². The summed E-state index contributed by atoms with van der Waals surface area (Å²) in [4.78, 5) is 12.3. The molecule has 1 aliphatic heterocycles. The molecule has 0 atom stereocenters. The van der Waals surface area contributed by atoms with Gasteiger partial charge in [0.05, 0.1) is 14.2 Å². The predicted molar refractivity (Wildman–Crippen MR) is 89.1 cm³/mol. The highest BCUT2D eigenvalue weighted by molar-refractivity contribution is 5.78. The van der Waals surface area contributed by atoms with Crippen LogP contribution in [0.15, 0.2) is 18.2 Å². The average molecular weight is 321 g/mol. The van der Waals surface area contributed by atoms with E-state index in [-0.39, 0.29) is 17.2 Å². The minimum Gasteiger partial charge on any atom is -0.493 e. The maximum Gasteiger partial charge on any atom is 0.223 e. The van der Waals surface area contributed by atoms with Crippen molar-refractivity contribution in [1.29, 1.82) is 0 Å². The highest BCUT2D eigenvalue weighted by Gasteiger charge is 2.26. The van der Waals surface area contributed by atoms with Crippen LogP contribution in [0.1, 0.15) is 32.3 Å². The normalized spacial score (nSPS) is 16.0. The molecule has 0 radical (unpaired) electrons. The summed E-state index contributed by atoms with van der Waals surface area (Å²) in [6.07, 6.45) is 1.62. The standard InChI is InChI=1S/C18H27NO4/c1-18(2,12-19-17(20)13-7-9-23-10-8-13)14-5-6-15(21-3)16(11-14)22-4/h5-6,11,13H,7-10,12H2,1-4H3,(H,19,20). The Morgan fingerprint density at radius 3 is 2.48 bits per heavy atom. The van der Waals surface area contributed by atoms with Crippen molar-refractivity contribution >= 4 is 5.91 Å². The van der Waals surface area contributed by atoms with Gasteiger partial charge in [-0.15, -0.1) is 0 Å². The number of rotatable bonds is 6. The molecule has 23 heavy (non-hydrogen) atoms. The molecule has 1 heterocycles. The highest BCUT2D eigenvalue weighted by atomic mass is 16.5. The van der Waals surface area contributed by atoms with E-state index in [1.165, 1.54) is 0 Å². The molecule has 0 spiro atoms. The van der Waals surface area contributed by atoms with E-state index in [2.05, 4.69) is 19.2 Å². The van der Waals surface area contributed by atoms with Crippen molar-refractivity contribution in [3.05, 3.63) is 23.8 Å². The lowest BCUT2D eigenvalue weighted by molar-refractivity contribution is -0.128. The maximum absolute atomic E-state index is 12.3. The molecular weight excluding hydrogens is 294 g/mol. The first-order chi connectivity index (χ1) is 11.0. The van der Waals surface area contributed by atoms with Gasteiger partial charge >= 0.3 is 0 Å². The van der Waals surface area contributed by atoms with Crippen molar-refractivity contribution in [3.63, 3.8) is 0 Å². The Bertz CT molecular complexity index is 536. The molecule has 0 aromatic heterocycles. The molecule has 0 bridgehead atoms. The summed E-state index contributed by atoms with van der Waals surface area (Å²) < 4.78 is 15.9. The molecule has 128 valence electrons. The quantitative estimate of drug-likeness (QED) is 0.875. The molecule has 1 aliphatic rings. The molecule has 1 saturated heterocycles. The van der Waals surface area contributed by atoms with Crippen molar-refractivity contribution in [2.75, 3.05) is 34.0 Å². The first-order valence-corrected chi connectivity index (χ1v) is 8.06. The second-order valence-corrected chi connectivity index (χ2v) is 6.56. The number of hydrogen-bond acceptors (Lipinski definition) is 4. The number of ether oxygens (including phenoxy) is 3. The third kappa shape index (κ3) is 4.38. The van der Waals surface area contributed by atoms with Crippen LogP contribution in [0.25, 0.3) is 0 Å². The van der Waals surface area contributed by atoms with Gasteiger partial charge in [0.1, 0.15) is 0 Å². The highest BCUT2D eigenvalue weighted by Crippen LogP contribution is 2.33. The van der Waals surface area contributed by atoms with Crippen molar-refractivity contribution in [2.24, 2.45) is 5.92 Å². The SMILES string of the molecule is COc1ccc(C(C)(C)CNC(=O)C2CCOCC2)cc1OC. The van der Waals surface area contributed by atoms with Crippen LogP contribution in [0.2, 0.25) is 0 Å². The first kappa shape index (κ1) is 17.6. The van der Waals surface area contributed by atoms with Crippen LogP contribution in [0.4, 0.5) is 0 Å². The summed E-state index contributed by atoms with van der Waals surface area (Å²) in [5.74, 6) is 1.61. The first-order valence-electron chi connectivity index (χ1n) is 8.06. The van der Waals surface area contributed by atoms with Crippen molar-refractivity contribution in [1.82, 2.24) is 5.32 Å². The zero-order chi connectivity index (χ0) is 16.9. The van der Waals surface area contributed by atoms with Crippen LogP contribution >= 0.6 is 0 Å².